The Morgan fingerprint density at radius 2 is 2.07 bits per heavy atom. The van der Waals surface area contributed by atoms with Gasteiger partial charge in [0.15, 0.2) is 0 Å². The highest BCUT2D eigenvalue weighted by atomic mass is 127. The van der Waals surface area contributed by atoms with Crippen molar-refractivity contribution < 1.29 is 17.9 Å². The van der Waals surface area contributed by atoms with Crippen molar-refractivity contribution in [1.82, 2.24) is 4.98 Å². The predicted molar refractivity (Wildman–Crippen MR) is 51.2 cm³/mol. The van der Waals surface area contributed by atoms with Crippen molar-refractivity contribution in [1.29, 1.82) is 0 Å². The molecule has 0 spiro atoms. The number of H-pyrrole nitrogens is 1. The number of alkyl halides is 3. The van der Waals surface area contributed by atoms with Crippen LogP contribution in [0.15, 0.2) is 10.9 Å². The van der Waals surface area contributed by atoms with Crippen LogP contribution in [-0.2, 0) is 0 Å². The number of halogens is 4. The van der Waals surface area contributed by atoms with E-state index in [0.29, 0.717) is 5.69 Å². The second-order valence-corrected chi connectivity index (χ2v) is 3.59. The Morgan fingerprint density at radius 1 is 1.50 bits per heavy atom. The monoisotopic (exact) mass is 319 g/mol. The first-order valence-corrected chi connectivity index (χ1v) is 4.52. The number of aromatic amines is 1. The number of hydrogen-bond donors (Lipinski definition) is 1. The van der Waals surface area contributed by atoms with Crippen molar-refractivity contribution >= 4 is 22.6 Å². The van der Waals surface area contributed by atoms with Crippen LogP contribution in [0.5, 0.6) is 5.75 Å². The van der Waals surface area contributed by atoms with E-state index < -0.39 is 17.5 Å². The van der Waals surface area contributed by atoms with Gasteiger partial charge in [-0.15, -0.1) is 13.2 Å². The van der Waals surface area contributed by atoms with Gasteiger partial charge in [-0.3, -0.25) is 4.79 Å². The van der Waals surface area contributed by atoms with Crippen LogP contribution < -0.4 is 10.2 Å². The number of aryl methyl sites for hydroxylation is 1. The van der Waals surface area contributed by atoms with Crippen molar-refractivity contribution in [3.8, 4) is 5.75 Å². The third-order valence-electron chi connectivity index (χ3n) is 1.30. The summed E-state index contributed by atoms with van der Waals surface area (Å²) < 4.78 is 39.1. The summed E-state index contributed by atoms with van der Waals surface area (Å²) in [6, 6.07) is 1.04. The van der Waals surface area contributed by atoms with Crippen LogP contribution in [0, 0.1) is 10.6 Å². The number of ether oxygens (including phenoxy) is 1. The Hall–Kier alpha value is -0.730. The summed E-state index contributed by atoms with van der Waals surface area (Å²) in [4.78, 5) is 13.7. The van der Waals surface area contributed by atoms with Gasteiger partial charge >= 0.3 is 6.36 Å². The Bertz CT molecular complexity index is 399. The smallest absolute Gasteiger partial charge is 0.399 e. The molecule has 0 aliphatic carbocycles. The molecule has 0 atom stereocenters. The lowest BCUT2D eigenvalue weighted by Gasteiger charge is -2.09. The summed E-state index contributed by atoms with van der Waals surface area (Å²) >= 11 is 1.57. The van der Waals surface area contributed by atoms with Crippen molar-refractivity contribution in [2.24, 2.45) is 0 Å². The lowest BCUT2D eigenvalue weighted by Crippen LogP contribution is -2.23. The lowest BCUT2D eigenvalue weighted by molar-refractivity contribution is -0.275. The Kier molecular flexibility index (Phi) is 3.07. The van der Waals surface area contributed by atoms with E-state index in [4.69, 9.17) is 0 Å². The lowest BCUT2D eigenvalue weighted by atomic mass is 10.3. The van der Waals surface area contributed by atoms with E-state index in [1.165, 1.54) is 0 Å². The molecule has 0 aliphatic heterocycles. The molecule has 1 N–H and O–H groups in total. The van der Waals surface area contributed by atoms with Gasteiger partial charge in [0.2, 0.25) is 11.2 Å². The molecule has 78 valence electrons. The summed E-state index contributed by atoms with van der Waals surface area (Å²) in [5.74, 6) is -0.719. The van der Waals surface area contributed by atoms with Crippen LogP contribution >= 0.6 is 22.6 Å². The molecule has 1 aromatic rings. The van der Waals surface area contributed by atoms with Crippen molar-refractivity contribution in [2.75, 3.05) is 0 Å². The zero-order valence-corrected chi connectivity index (χ0v) is 9.06. The minimum atomic E-state index is -4.85. The van der Waals surface area contributed by atoms with Gasteiger partial charge in [-0.05, 0) is 29.5 Å². The van der Waals surface area contributed by atoms with Crippen LogP contribution in [0.25, 0.3) is 0 Å². The first kappa shape index (κ1) is 11.3. The molecule has 1 heterocycles. The number of pyridine rings is 1. The van der Waals surface area contributed by atoms with E-state index in [0.717, 1.165) is 6.07 Å². The van der Waals surface area contributed by atoms with Crippen molar-refractivity contribution in [3.05, 3.63) is 25.7 Å². The van der Waals surface area contributed by atoms with Crippen LogP contribution in [0.1, 0.15) is 5.69 Å². The van der Waals surface area contributed by atoms with E-state index in [1.54, 1.807) is 29.5 Å². The molecule has 0 amide bonds. The molecule has 0 saturated carbocycles. The first-order valence-electron chi connectivity index (χ1n) is 3.45. The van der Waals surface area contributed by atoms with Gasteiger partial charge in [0.1, 0.15) is 3.70 Å². The van der Waals surface area contributed by atoms with Crippen molar-refractivity contribution in [3.63, 3.8) is 0 Å². The maximum Gasteiger partial charge on any atom is 0.573 e. The van der Waals surface area contributed by atoms with Gasteiger partial charge in [-0.25, -0.2) is 0 Å². The van der Waals surface area contributed by atoms with Crippen LogP contribution in [0.3, 0.4) is 0 Å². The average molecular weight is 319 g/mol. The van der Waals surface area contributed by atoms with Crippen LogP contribution in [-0.4, -0.2) is 11.3 Å². The normalized spacial score (nSPS) is 11.5. The molecule has 0 saturated heterocycles. The quantitative estimate of drug-likeness (QED) is 0.637. The summed E-state index contributed by atoms with van der Waals surface area (Å²) in [6.07, 6.45) is -4.85. The molecule has 0 unspecified atom stereocenters. The Labute approximate surface area is 90.4 Å². The highest BCUT2D eigenvalue weighted by Crippen LogP contribution is 2.23. The van der Waals surface area contributed by atoms with Crippen LogP contribution in [0.4, 0.5) is 13.2 Å². The van der Waals surface area contributed by atoms with Gasteiger partial charge in [-0.1, -0.05) is 0 Å². The second-order valence-electron chi connectivity index (χ2n) is 2.51. The van der Waals surface area contributed by atoms with E-state index in [1.807, 2.05) is 0 Å². The molecular weight excluding hydrogens is 314 g/mol. The summed E-state index contributed by atoms with van der Waals surface area (Å²) in [7, 11) is 0. The first-order chi connectivity index (χ1) is 6.29. The molecule has 0 bridgehead atoms. The molecule has 7 heteroatoms. The standard InChI is InChI=1S/C7H5F3INO2/c1-3-2-4(13)5(6(11)12-3)14-7(8,9)10/h2H,1H3,(H,12,13). The zero-order valence-electron chi connectivity index (χ0n) is 6.91. The molecule has 0 fully saturated rings. The topological polar surface area (TPSA) is 42.1 Å². The Morgan fingerprint density at radius 3 is 2.50 bits per heavy atom. The fourth-order valence-corrected chi connectivity index (χ4v) is 1.65. The SMILES string of the molecule is Cc1cc(=O)c(OC(F)(F)F)c(I)[nH]1. The molecule has 1 aromatic heterocycles. The van der Waals surface area contributed by atoms with E-state index in [-0.39, 0.29) is 3.70 Å². The van der Waals surface area contributed by atoms with E-state index >= 15 is 0 Å². The maximum absolute atomic E-state index is 11.8. The van der Waals surface area contributed by atoms with Gasteiger partial charge in [0.25, 0.3) is 0 Å². The van der Waals surface area contributed by atoms with Crippen LogP contribution in [0.2, 0.25) is 0 Å². The molecular formula is C7H5F3INO2. The number of rotatable bonds is 1. The maximum atomic E-state index is 11.8. The summed E-state index contributed by atoms with van der Waals surface area (Å²) in [5.41, 5.74) is -0.308. The fourth-order valence-electron chi connectivity index (χ4n) is 0.847. The molecule has 3 nitrogen and oxygen atoms in total. The third kappa shape index (κ3) is 2.89. The number of nitrogens with one attached hydrogen (secondary N) is 1. The fraction of sp³-hybridized carbons (Fsp3) is 0.286. The summed E-state index contributed by atoms with van der Waals surface area (Å²) in [5, 5.41) is 0. The molecule has 0 radical (unpaired) electrons. The highest BCUT2D eigenvalue weighted by molar-refractivity contribution is 14.1. The van der Waals surface area contributed by atoms with E-state index in [2.05, 4.69) is 9.72 Å². The number of hydrogen-bond acceptors (Lipinski definition) is 2. The minimum Gasteiger partial charge on any atom is -0.399 e. The van der Waals surface area contributed by atoms with E-state index in [9.17, 15) is 18.0 Å². The van der Waals surface area contributed by atoms with Gasteiger partial charge in [0, 0.05) is 11.8 Å². The minimum absolute atomic E-state index is 0.0323. The summed E-state index contributed by atoms with van der Waals surface area (Å²) in [6.45, 7) is 1.57. The average Bonchev–Trinajstić information content (AvgIpc) is 1.95. The Balaban J connectivity index is 3.16. The molecule has 0 aromatic carbocycles. The molecule has 0 aliphatic rings. The number of aromatic nitrogens is 1. The third-order valence-corrected chi connectivity index (χ3v) is 2.06. The largest absolute Gasteiger partial charge is 0.573 e. The molecule has 14 heavy (non-hydrogen) atoms. The second kappa shape index (κ2) is 3.79. The molecule has 1 rings (SSSR count). The van der Waals surface area contributed by atoms with Gasteiger partial charge in [-0.2, -0.15) is 0 Å². The highest BCUT2D eigenvalue weighted by Gasteiger charge is 2.33. The van der Waals surface area contributed by atoms with Gasteiger partial charge in [0.05, 0.1) is 0 Å². The van der Waals surface area contributed by atoms with Crippen molar-refractivity contribution in [2.45, 2.75) is 13.3 Å². The zero-order chi connectivity index (χ0) is 10.9. The predicted octanol–water partition coefficient (Wildman–Crippen LogP) is 2.19. The van der Waals surface area contributed by atoms with Gasteiger partial charge < -0.3 is 9.72 Å².